The number of aliphatic hydroxyl groups excluding tert-OH is 1. The predicted molar refractivity (Wildman–Crippen MR) is 212 cm³/mol. The predicted octanol–water partition coefficient (Wildman–Crippen LogP) is 4.43. The molecule has 1 saturated heterocycles. The summed E-state index contributed by atoms with van der Waals surface area (Å²) in [5.41, 5.74) is 9.51. The summed E-state index contributed by atoms with van der Waals surface area (Å²) in [5.74, 6) is 1.80. The Labute approximate surface area is 319 Å². The highest BCUT2D eigenvalue weighted by molar-refractivity contribution is 5.88. The molecule has 0 unspecified atom stereocenters. The Balaban J connectivity index is 1.56. The smallest absolute Gasteiger partial charge is 0.244 e. The number of nitrogens with two attached hydrogens (primary N) is 1. The second kappa shape index (κ2) is 17.9. The molecule has 5 N–H and O–H groups in total. The number of benzene rings is 1. The lowest BCUT2D eigenvalue weighted by Crippen LogP contribution is -2.62. The summed E-state index contributed by atoms with van der Waals surface area (Å²) >= 11 is 0. The van der Waals surface area contributed by atoms with Crippen molar-refractivity contribution < 1.29 is 24.3 Å². The van der Waals surface area contributed by atoms with Crippen molar-refractivity contribution in [2.45, 2.75) is 97.7 Å². The highest BCUT2D eigenvalue weighted by Gasteiger charge is 2.57. The lowest BCUT2D eigenvalue weighted by atomic mass is 9.45. The van der Waals surface area contributed by atoms with Crippen molar-refractivity contribution >= 4 is 17.4 Å². The van der Waals surface area contributed by atoms with Crippen LogP contribution in [-0.2, 0) is 21.0 Å². The minimum atomic E-state index is -0.813. The van der Waals surface area contributed by atoms with Crippen molar-refractivity contribution in [3.63, 3.8) is 0 Å². The van der Waals surface area contributed by atoms with Crippen LogP contribution in [0.25, 0.3) is 5.57 Å². The van der Waals surface area contributed by atoms with Gasteiger partial charge in [0.1, 0.15) is 11.8 Å². The molecule has 0 aromatic heterocycles. The number of hydroxylamine groups is 2. The fourth-order valence-electron chi connectivity index (χ4n) is 9.08. The maximum Gasteiger partial charge on any atom is 0.244 e. The molecule has 4 aliphatic rings. The first-order valence-electron chi connectivity index (χ1n) is 19.4. The van der Waals surface area contributed by atoms with Gasteiger partial charge in [-0.2, -0.15) is 5.06 Å². The molecule has 11 nitrogen and oxygen atoms in total. The third kappa shape index (κ3) is 9.91. The number of nitrogens with zero attached hydrogens (tertiary/aromatic N) is 3. The summed E-state index contributed by atoms with van der Waals surface area (Å²) in [6.45, 7) is 18.5. The van der Waals surface area contributed by atoms with Crippen LogP contribution in [0.15, 0.2) is 48.7 Å². The van der Waals surface area contributed by atoms with Crippen molar-refractivity contribution in [3.05, 3.63) is 59.8 Å². The molecule has 0 radical (unpaired) electrons. The molecule has 53 heavy (non-hydrogen) atoms. The van der Waals surface area contributed by atoms with Crippen molar-refractivity contribution in [2.75, 3.05) is 48.4 Å². The molecule has 1 aromatic carbocycles. The van der Waals surface area contributed by atoms with Gasteiger partial charge in [-0.1, -0.05) is 59.4 Å². The molecule has 5 rings (SSSR count). The van der Waals surface area contributed by atoms with Crippen LogP contribution in [0, 0.1) is 35.0 Å². The van der Waals surface area contributed by atoms with E-state index >= 15 is 0 Å². The van der Waals surface area contributed by atoms with E-state index in [0.717, 1.165) is 36.2 Å². The molecule has 3 saturated carbocycles. The number of hydrogen-bond acceptors (Lipinski definition) is 9. The van der Waals surface area contributed by atoms with Gasteiger partial charge in [0.15, 0.2) is 0 Å². The third-order valence-electron chi connectivity index (χ3n) is 12.0. The molecule has 1 heterocycles. The Morgan fingerprint density at radius 3 is 2.42 bits per heavy atom. The molecule has 0 spiro atoms. The summed E-state index contributed by atoms with van der Waals surface area (Å²) in [6, 6.07) is 5.20. The minimum absolute atomic E-state index is 0.0472. The number of carbonyl (C=O) groups is 2. The summed E-state index contributed by atoms with van der Waals surface area (Å²) in [7, 11) is 9.47. The number of fused-ring (bicyclic) bond motifs is 2. The van der Waals surface area contributed by atoms with E-state index in [9.17, 15) is 14.7 Å². The van der Waals surface area contributed by atoms with Crippen molar-refractivity contribution in [1.82, 2.24) is 25.5 Å². The number of likely N-dealkylation sites (N-methyl/N-ethyl adjacent to an activating group) is 2. The third-order valence-corrected chi connectivity index (χ3v) is 12.0. The monoisotopic (exact) mass is 737 g/mol. The van der Waals surface area contributed by atoms with E-state index in [-0.39, 0.29) is 37.0 Å². The van der Waals surface area contributed by atoms with Gasteiger partial charge in [0.25, 0.3) is 0 Å². The number of rotatable bonds is 17. The zero-order valence-electron chi connectivity index (χ0n) is 34.2. The summed E-state index contributed by atoms with van der Waals surface area (Å²) in [6.07, 6.45) is 7.01. The van der Waals surface area contributed by atoms with Crippen LogP contribution in [0.5, 0.6) is 5.75 Å². The maximum absolute atomic E-state index is 14.2. The summed E-state index contributed by atoms with van der Waals surface area (Å²) in [4.78, 5) is 37.6. The largest absolute Gasteiger partial charge is 0.496 e. The van der Waals surface area contributed by atoms with E-state index in [1.165, 1.54) is 6.42 Å². The molecular weight excluding hydrogens is 668 g/mol. The van der Waals surface area contributed by atoms with Crippen LogP contribution >= 0.6 is 0 Å². The van der Waals surface area contributed by atoms with Gasteiger partial charge < -0.3 is 36.0 Å². The number of aliphatic hydroxyl groups is 1. The molecule has 2 bridgehead atoms. The fraction of sp³-hybridized carbons (Fsp3) is 0.667. The van der Waals surface area contributed by atoms with Gasteiger partial charge in [-0.05, 0) is 87.1 Å². The van der Waals surface area contributed by atoms with Gasteiger partial charge in [0.2, 0.25) is 11.8 Å². The molecule has 9 atom stereocenters. The molecule has 11 heteroatoms. The first-order chi connectivity index (χ1) is 24.9. The Morgan fingerprint density at radius 2 is 1.87 bits per heavy atom. The fourth-order valence-corrected chi connectivity index (χ4v) is 9.08. The Kier molecular flexibility index (Phi) is 14.4. The topological polar surface area (TPSA) is 133 Å². The summed E-state index contributed by atoms with van der Waals surface area (Å²) in [5, 5.41) is 19.2. The van der Waals surface area contributed by atoms with Crippen molar-refractivity contribution in [3.8, 4) is 5.75 Å². The first kappa shape index (κ1) is 42.5. The molecule has 2 amide bonds. The average molecular weight is 737 g/mol. The number of amides is 2. The van der Waals surface area contributed by atoms with Gasteiger partial charge in [0.05, 0.1) is 25.9 Å². The minimum Gasteiger partial charge on any atom is -0.496 e. The van der Waals surface area contributed by atoms with E-state index in [2.05, 4.69) is 56.7 Å². The van der Waals surface area contributed by atoms with E-state index in [0.29, 0.717) is 40.4 Å². The Morgan fingerprint density at radius 1 is 1.17 bits per heavy atom. The van der Waals surface area contributed by atoms with Gasteiger partial charge in [-0.25, -0.2) is 0 Å². The van der Waals surface area contributed by atoms with Gasteiger partial charge >= 0.3 is 0 Å². The van der Waals surface area contributed by atoms with Crippen LogP contribution in [0.3, 0.4) is 0 Å². The first-order valence-corrected chi connectivity index (χ1v) is 19.4. The maximum atomic E-state index is 14.2. The molecular formula is C42H68N6O5. The molecule has 3 aliphatic carbocycles. The standard InChI is InChI=1S/C42H68N6O5/c1-25(2)18-31(24-46(8)9)44-37(50)17-16-32(47(10)11)19-26(3)33-15-13-14-29(40(33)52-12)23-48-39(38(28(5)49)36(22-43)53-48)41(51)45-35-21-30-20-34(27(35)4)42(30,6)7/h13-17,19,25,27-28,30-31,34-36,38-39,49H,3,18,20-24,43H2,1-2,4-12H3,(H,44,50)(H,45,51)/b17-16+,32-19+/t27-,28-,30+,31+,34-,35-,36-,38+,39-/m0/s1. The second-order valence-corrected chi connectivity index (χ2v) is 17.2. The zero-order chi connectivity index (χ0) is 39.4. The molecule has 1 aliphatic heterocycles. The van der Waals surface area contributed by atoms with Gasteiger partial charge in [-0.15, -0.1) is 0 Å². The van der Waals surface area contributed by atoms with Crippen LogP contribution in [0.2, 0.25) is 0 Å². The van der Waals surface area contributed by atoms with Gasteiger partial charge in [-0.3, -0.25) is 14.4 Å². The van der Waals surface area contributed by atoms with Crippen molar-refractivity contribution in [1.29, 1.82) is 0 Å². The van der Waals surface area contributed by atoms with Crippen LogP contribution < -0.4 is 21.1 Å². The highest BCUT2D eigenvalue weighted by Crippen LogP contribution is 2.61. The SMILES string of the molecule is C=C(/C=C(\C=C\C(=O)N[C@H](CC(C)C)CN(C)C)N(C)C)c1cccc(CN2O[C@@H](CN)[C@@H]([C@H](C)O)[C@H]2C(=O)N[C@H]2C[C@H]3C[C@@H]([C@@H]2C)C3(C)C)c1OC. The highest BCUT2D eigenvalue weighted by atomic mass is 16.7. The van der Waals surface area contributed by atoms with E-state index in [4.69, 9.17) is 15.3 Å². The number of para-hydroxylation sites is 1. The van der Waals surface area contributed by atoms with Crippen LogP contribution in [-0.4, -0.2) is 111 Å². The molecule has 296 valence electrons. The lowest BCUT2D eigenvalue weighted by Gasteiger charge is -2.62. The number of carbonyl (C=O) groups excluding carboxylic acids is 2. The Hall–Kier alpha value is -3.22. The van der Waals surface area contributed by atoms with Crippen LogP contribution in [0.4, 0.5) is 0 Å². The number of hydrogen-bond donors (Lipinski definition) is 4. The second-order valence-electron chi connectivity index (χ2n) is 17.2. The zero-order valence-corrected chi connectivity index (χ0v) is 34.2. The van der Waals surface area contributed by atoms with Gasteiger partial charge in [0, 0.05) is 68.1 Å². The van der Waals surface area contributed by atoms with E-state index in [1.54, 1.807) is 31.2 Å². The Bertz CT molecular complexity index is 1490. The number of methoxy groups -OCH3 is 1. The molecule has 4 fully saturated rings. The number of allylic oxidation sites excluding steroid dienone is 3. The van der Waals surface area contributed by atoms with Crippen LogP contribution in [0.1, 0.15) is 71.9 Å². The number of nitrogens with one attached hydrogen (secondary N) is 2. The quantitative estimate of drug-likeness (QED) is 0.136. The lowest BCUT2D eigenvalue weighted by molar-refractivity contribution is -0.175. The average Bonchev–Trinajstić information content (AvgIpc) is 3.44. The van der Waals surface area contributed by atoms with E-state index < -0.39 is 24.2 Å². The number of ether oxygens (including phenoxy) is 1. The molecule has 1 aromatic rings. The van der Waals surface area contributed by atoms with Crippen molar-refractivity contribution in [2.24, 2.45) is 40.7 Å². The normalized spacial score (nSPS) is 28.1. The van der Waals surface area contributed by atoms with E-state index in [1.807, 2.05) is 57.4 Å². The summed E-state index contributed by atoms with van der Waals surface area (Å²) < 4.78 is 6.00.